The van der Waals surface area contributed by atoms with E-state index in [9.17, 15) is 9.59 Å². The minimum Gasteiger partial charge on any atom is -0.353 e. The lowest BCUT2D eigenvalue weighted by Crippen LogP contribution is -2.48. The third-order valence-electron chi connectivity index (χ3n) is 4.61. The fraction of sp³-hybridized carbons (Fsp3) is 0.579. The maximum atomic E-state index is 12.0. The third kappa shape index (κ3) is 5.79. The number of benzene rings is 1. The second-order valence-corrected chi connectivity index (χ2v) is 6.70. The van der Waals surface area contributed by atoms with Crippen LogP contribution in [0.1, 0.15) is 49.4 Å². The molecule has 1 aromatic rings. The summed E-state index contributed by atoms with van der Waals surface area (Å²) in [5, 5.41) is 3.16. The lowest BCUT2D eigenvalue weighted by molar-refractivity contribution is -0.122. The van der Waals surface area contributed by atoms with E-state index in [1.165, 1.54) is 0 Å². The Morgan fingerprint density at radius 1 is 1.17 bits per heavy atom. The number of ketones is 1. The monoisotopic (exact) mass is 316 g/mol. The van der Waals surface area contributed by atoms with Gasteiger partial charge in [0.05, 0.1) is 0 Å². The minimum atomic E-state index is 0.124. The zero-order chi connectivity index (χ0) is 16.7. The van der Waals surface area contributed by atoms with Gasteiger partial charge in [-0.05, 0) is 38.8 Å². The van der Waals surface area contributed by atoms with Gasteiger partial charge in [0.25, 0.3) is 0 Å². The Bertz CT molecular complexity index is 515. The molecule has 1 heterocycles. The summed E-state index contributed by atoms with van der Waals surface area (Å²) in [6, 6.07) is 9.65. The van der Waals surface area contributed by atoms with Crippen LogP contribution in [0.25, 0.3) is 0 Å². The Balaban J connectivity index is 1.62. The van der Waals surface area contributed by atoms with Crippen LogP contribution in [-0.2, 0) is 4.79 Å². The van der Waals surface area contributed by atoms with Gasteiger partial charge in [-0.2, -0.15) is 0 Å². The summed E-state index contributed by atoms with van der Waals surface area (Å²) < 4.78 is 0. The first-order valence-corrected chi connectivity index (χ1v) is 8.62. The molecule has 2 rings (SSSR count). The average molecular weight is 316 g/mol. The molecule has 1 fully saturated rings. The van der Waals surface area contributed by atoms with Crippen molar-refractivity contribution in [3.63, 3.8) is 0 Å². The smallest absolute Gasteiger partial charge is 0.220 e. The number of rotatable bonds is 7. The normalized spacial score (nSPS) is 21.8. The van der Waals surface area contributed by atoms with Crippen LogP contribution in [-0.4, -0.2) is 42.8 Å². The maximum Gasteiger partial charge on any atom is 0.220 e. The van der Waals surface area contributed by atoms with Gasteiger partial charge in [-0.1, -0.05) is 37.3 Å². The van der Waals surface area contributed by atoms with Gasteiger partial charge in [-0.15, -0.1) is 0 Å². The number of nitrogens with one attached hydrogen (secondary N) is 1. The molecular weight excluding hydrogens is 288 g/mol. The molecule has 0 radical (unpaired) electrons. The number of unbranched alkanes of at least 4 members (excludes halogenated alkanes) is 1. The van der Waals surface area contributed by atoms with Crippen LogP contribution in [0.3, 0.4) is 0 Å². The number of carbonyl (C=O) groups is 2. The molecular formula is C19H28N2O2. The van der Waals surface area contributed by atoms with Crippen LogP contribution in [0.2, 0.25) is 0 Å². The highest BCUT2D eigenvalue weighted by molar-refractivity contribution is 5.95. The van der Waals surface area contributed by atoms with Crippen LogP contribution in [0.5, 0.6) is 0 Å². The molecule has 1 aliphatic rings. The largest absolute Gasteiger partial charge is 0.353 e. The van der Waals surface area contributed by atoms with Crippen molar-refractivity contribution in [1.82, 2.24) is 10.2 Å². The van der Waals surface area contributed by atoms with Crippen molar-refractivity contribution >= 4 is 11.7 Å². The number of carbonyl (C=O) groups excluding carboxylic acids is 2. The van der Waals surface area contributed by atoms with Gasteiger partial charge < -0.3 is 10.2 Å². The summed E-state index contributed by atoms with van der Waals surface area (Å²) in [6.45, 7) is 4.27. The molecule has 1 saturated heterocycles. The van der Waals surface area contributed by atoms with Crippen LogP contribution in [0.4, 0.5) is 0 Å². The number of hydrogen-bond donors (Lipinski definition) is 1. The Morgan fingerprint density at radius 2 is 1.87 bits per heavy atom. The zero-order valence-corrected chi connectivity index (χ0v) is 14.3. The molecule has 4 nitrogen and oxygen atoms in total. The van der Waals surface area contributed by atoms with Crippen molar-refractivity contribution in [2.24, 2.45) is 5.92 Å². The molecule has 1 aliphatic heterocycles. The van der Waals surface area contributed by atoms with E-state index in [0.29, 0.717) is 24.8 Å². The SMILES string of the molecule is C[C@H]1CN(C)CC[C@H]1NC(=O)CCCCC(=O)c1ccccc1. The lowest BCUT2D eigenvalue weighted by Gasteiger charge is -2.35. The summed E-state index contributed by atoms with van der Waals surface area (Å²) in [4.78, 5) is 26.3. The van der Waals surface area contributed by atoms with Crippen molar-refractivity contribution in [1.29, 1.82) is 0 Å². The highest BCUT2D eigenvalue weighted by Gasteiger charge is 2.25. The fourth-order valence-electron chi connectivity index (χ4n) is 3.19. The summed E-state index contributed by atoms with van der Waals surface area (Å²) in [5.41, 5.74) is 0.761. The molecule has 1 amide bonds. The first kappa shape index (κ1) is 17.7. The number of piperidine rings is 1. The Kier molecular flexibility index (Phi) is 6.78. The fourth-order valence-corrected chi connectivity index (χ4v) is 3.19. The molecule has 0 spiro atoms. The molecule has 0 bridgehead atoms. The Hall–Kier alpha value is -1.68. The van der Waals surface area contributed by atoms with Crippen molar-refractivity contribution in [3.8, 4) is 0 Å². The van der Waals surface area contributed by atoms with E-state index in [2.05, 4.69) is 24.2 Å². The van der Waals surface area contributed by atoms with Crippen molar-refractivity contribution in [3.05, 3.63) is 35.9 Å². The van der Waals surface area contributed by atoms with E-state index in [1.54, 1.807) is 0 Å². The average Bonchev–Trinajstić information content (AvgIpc) is 2.55. The molecule has 126 valence electrons. The molecule has 0 saturated carbocycles. The zero-order valence-electron chi connectivity index (χ0n) is 14.3. The number of hydrogen-bond acceptors (Lipinski definition) is 3. The number of likely N-dealkylation sites (tertiary alicyclic amines) is 1. The molecule has 23 heavy (non-hydrogen) atoms. The molecule has 4 heteroatoms. The van der Waals surface area contributed by atoms with Gasteiger partial charge in [0.1, 0.15) is 0 Å². The van der Waals surface area contributed by atoms with Gasteiger partial charge in [0.2, 0.25) is 5.91 Å². The summed E-state index contributed by atoms with van der Waals surface area (Å²) in [6.07, 6.45) is 3.59. The van der Waals surface area contributed by atoms with Gasteiger partial charge in [0, 0.05) is 31.0 Å². The van der Waals surface area contributed by atoms with Crippen LogP contribution in [0.15, 0.2) is 30.3 Å². The molecule has 0 unspecified atom stereocenters. The van der Waals surface area contributed by atoms with Crippen molar-refractivity contribution in [2.45, 2.75) is 45.1 Å². The van der Waals surface area contributed by atoms with Crippen LogP contribution in [0, 0.1) is 5.92 Å². The molecule has 0 aliphatic carbocycles. The first-order valence-electron chi connectivity index (χ1n) is 8.62. The second-order valence-electron chi connectivity index (χ2n) is 6.70. The second kappa shape index (κ2) is 8.82. The van der Waals surface area contributed by atoms with E-state index in [4.69, 9.17) is 0 Å². The molecule has 1 N–H and O–H groups in total. The highest BCUT2D eigenvalue weighted by Crippen LogP contribution is 2.16. The topological polar surface area (TPSA) is 49.4 Å². The number of nitrogens with zero attached hydrogens (tertiary/aromatic N) is 1. The van der Waals surface area contributed by atoms with Gasteiger partial charge in [-0.3, -0.25) is 9.59 Å². The number of amides is 1. The quantitative estimate of drug-likeness (QED) is 0.621. The van der Waals surface area contributed by atoms with Crippen LogP contribution < -0.4 is 5.32 Å². The van der Waals surface area contributed by atoms with Gasteiger partial charge in [0.15, 0.2) is 5.78 Å². The Labute approximate surface area is 139 Å². The van der Waals surface area contributed by atoms with E-state index < -0.39 is 0 Å². The van der Waals surface area contributed by atoms with E-state index in [1.807, 2.05) is 30.3 Å². The van der Waals surface area contributed by atoms with E-state index in [0.717, 1.165) is 37.9 Å². The summed E-state index contributed by atoms with van der Waals surface area (Å²) in [5.74, 6) is 0.783. The van der Waals surface area contributed by atoms with Gasteiger partial charge in [-0.25, -0.2) is 0 Å². The first-order chi connectivity index (χ1) is 11.1. The van der Waals surface area contributed by atoms with Gasteiger partial charge >= 0.3 is 0 Å². The number of Topliss-reactive ketones (excluding diaryl/α,β-unsaturated/α-hetero) is 1. The Morgan fingerprint density at radius 3 is 2.57 bits per heavy atom. The standard InChI is InChI=1S/C19H28N2O2/c1-15-14-21(2)13-12-17(15)20-19(23)11-7-6-10-18(22)16-8-4-3-5-9-16/h3-5,8-9,15,17H,6-7,10-14H2,1-2H3,(H,20,23)/t15-,17+/m0/s1. The third-order valence-corrected chi connectivity index (χ3v) is 4.61. The predicted octanol–water partition coefficient (Wildman–Crippen LogP) is 2.89. The maximum absolute atomic E-state index is 12.0. The molecule has 1 aromatic carbocycles. The van der Waals surface area contributed by atoms with E-state index in [-0.39, 0.29) is 11.7 Å². The summed E-state index contributed by atoms with van der Waals surface area (Å²) in [7, 11) is 2.12. The van der Waals surface area contributed by atoms with Crippen molar-refractivity contribution in [2.75, 3.05) is 20.1 Å². The minimum absolute atomic E-state index is 0.124. The molecule has 0 aromatic heterocycles. The molecule has 2 atom stereocenters. The van der Waals surface area contributed by atoms with E-state index >= 15 is 0 Å². The van der Waals surface area contributed by atoms with Crippen molar-refractivity contribution < 1.29 is 9.59 Å². The van der Waals surface area contributed by atoms with Crippen LogP contribution >= 0.6 is 0 Å². The lowest BCUT2D eigenvalue weighted by atomic mass is 9.94. The predicted molar refractivity (Wildman–Crippen MR) is 92.4 cm³/mol. The highest BCUT2D eigenvalue weighted by atomic mass is 16.1. The summed E-state index contributed by atoms with van der Waals surface area (Å²) >= 11 is 0.